The number of amides is 1. The van der Waals surface area contributed by atoms with Crippen LogP contribution in [0.15, 0.2) is 15.3 Å². The van der Waals surface area contributed by atoms with E-state index in [2.05, 4.69) is 14.9 Å². The number of piperidine rings is 1. The smallest absolute Gasteiger partial charge is 0.286 e. The second-order valence-electron chi connectivity index (χ2n) is 4.65. The van der Waals surface area contributed by atoms with Gasteiger partial charge in [0.05, 0.1) is 15.6 Å². The summed E-state index contributed by atoms with van der Waals surface area (Å²) in [4.78, 5) is 23.3. The summed E-state index contributed by atoms with van der Waals surface area (Å²) in [5.41, 5.74) is 0.855. The first-order chi connectivity index (χ1) is 9.22. The second kappa shape index (κ2) is 5.46. The van der Waals surface area contributed by atoms with E-state index in [9.17, 15) is 4.79 Å². The summed E-state index contributed by atoms with van der Waals surface area (Å²) >= 11 is 3.08. The standard InChI is InChI=1S/C13H15N3OS2/c1-9-14-10(8-18-9)7-11-12(17)15-13(19-11)16-5-3-2-4-6-16/h7-8H,2-6H2,1H3/b11-7-. The van der Waals surface area contributed by atoms with Crippen molar-refractivity contribution in [2.45, 2.75) is 26.2 Å². The number of thioether (sulfide) groups is 1. The molecule has 1 fully saturated rings. The number of thiazole rings is 1. The van der Waals surface area contributed by atoms with E-state index in [1.807, 2.05) is 18.4 Å². The van der Waals surface area contributed by atoms with E-state index in [1.165, 1.54) is 31.0 Å². The number of carbonyl (C=O) groups is 1. The van der Waals surface area contributed by atoms with Gasteiger partial charge in [-0.3, -0.25) is 4.79 Å². The fourth-order valence-corrected chi connectivity index (χ4v) is 3.72. The van der Waals surface area contributed by atoms with Gasteiger partial charge >= 0.3 is 0 Å². The number of likely N-dealkylation sites (tertiary alicyclic amines) is 1. The van der Waals surface area contributed by atoms with Crippen molar-refractivity contribution < 1.29 is 4.79 Å². The van der Waals surface area contributed by atoms with Gasteiger partial charge in [-0.15, -0.1) is 11.3 Å². The first kappa shape index (κ1) is 12.9. The normalized spacial score (nSPS) is 22.2. The Labute approximate surface area is 120 Å². The van der Waals surface area contributed by atoms with E-state index in [4.69, 9.17) is 0 Å². The zero-order valence-electron chi connectivity index (χ0n) is 10.8. The van der Waals surface area contributed by atoms with Crippen molar-refractivity contribution in [3.05, 3.63) is 21.0 Å². The third kappa shape index (κ3) is 2.90. The molecule has 0 atom stereocenters. The zero-order chi connectivity index (χ0) is 13.2. The molecule has 1 aromatic rings. The molecule has 0 aliphatic carbocycles. The van der Waals surface area contributed by atoms with Crippen molar-refractivity contribution in [1.29, 1.82) is 0 Å². The van der Waals surface area contributed by atoms with Gasteiger partial charge in [-0.2, -0.15) is 4.99 Å². The van der Waals surface area contributed by atoms with E-state index in [0.717, 1.165) is 29.0 Å². The summed E-state index contributed by atoms with van der Waals surface area (Å²) in [6.45, 7) is 4.00. The summed E-state index contributed by atoms with van der Waals surface area (Å²) < 4.78 is 0. The molecule has 2 aliphatic rings. The highest BCUT2D eigenvalue weighted by atomic mass is 32.2. The largest absolute Gasteiger partial charge is 0.351 e. The monoisotopic (exact) mass is 293 g/mol. The molecule has 2 aliphatic heterocycles. The van der Waals surface area contributed by atoms with Crippen molar-refractivity contribution in [2.75, 3.05) is 13.1 Å². The Morgan fingerprint density at radius 1 is 1.32 bits per heavy atom. The zero-order valence-corrected chi connectivity index (χ0v) is 12.4. The van der Waals surface area contributed by atoms with Crippen LogP contribution >= 0.6 is 23.1 Å². The Kier molecular flexibility index (Phi) is 3.70. The van der Waals surface area contributed by atoms with Crippen LogP contribution in [0, 0.1) is 6.92 Å². The average Bonchev–Trinajstić information content (AvgIpc) is 2.98. The van der Waals surface area contributed by atoms with Crippen molar-refractivity contribution in [3.63, 3.8) is 0 Å². The summed E-state index contributed by atoms with van der Waals surface area (Å²) in [5.74, 6) is -0.128. The molecule has 0 radical (unpaired) electrons. The molecule has 1 saturated heterocycles. The summed E-state index contributed by atoms with van der Waals surface area (Å²) in [5, 5.41) is 3.84. The van der Waals surface area contributed by atoms with Crippen molar-refractivity contribution in [3.8, 4) is 0 Å². The maximum absolute atomic E-state index is 11.9. The van der Waals surface area contributed by atoms with Crippen LogP contribution in [-0.2, 0) is 4.79 Å². The summed E-state index contributed by atoms with van der Waals surface area (Å²) in [6.07, 6.45) is 5.51. The lowest BCUT2D eigenvalue weighted by molar-refractivity contribution is -0.113. The highest BCUT2D eigenvalue weighted by Gasteiger charge is 2.26. The Morgan fingerprint density at radius 2 is 2.11 bits per heavy atom. The first-order valence-electron chi connectivity index (χ1n) is 6.42. The van der Waals surface area contributed by atoms with Gasteiger partial charge in [-0.25, -0.2) is 4.98 Å². The van der Waals surface area contributed by atoms with Crippen LogP contribution in [0.4, 0.5) is 0 Å². The van der Waals surface area contributed by atoms with Crippen LogP contribution in [0.25, 0.3) is 6.08 Å². The Balaban J connectivity index is 1.74. The molecule has 6 heteroatoms. The lowest BCUT2D eigenvalue weighted by atomic mass is 10.1. The van der Waals surface area contributed by atoms with Gasteiger partial charge in [0.25, 0.3) is 5.91 Å². The molecule has 100 valence electrons. The Bertz CT molecular complexity index is 556. The predicted octanol–water partition coefficient (Wildman–Crippen LogP) is 2.91. The van der Waals surface area contributed by atoms with Gasteiger partial charge in [-0.1, -0.05) is 0 Å². The number of aryl methyl sites for hydroxylation is 1. The van der Waals surface area contributed by atoms with Gasteiger partial charge < -0.3 is 4.90 Å². The molecule has 1 aromatic heterocycles. The van der Waals surface area contributed by atoms with Crippen molar-refractivity contribution in [2.24, 2.45) is 4.99 Å². The molecule has 1 amide bonds. The minimum atomic E-state index is -0.128. The number of amidine groups is 1. The molecular formula is C13H15N3OS2. The number of hydrogen-bond donors (Lipinski definition) is 0. The Morgan fingerprint density at radius 3 is 2.79 bits per heavy atom. The molecular weight excluding hydrogens is 278 g/mol. The van der Waals surface area contributed by atoms with E-state index in [-0.39, 0.29) is 5.91 Å². The number of aromatic nitrogens is 1. The molecule has 3 heterocycles. The van der Waals surface area contributed by atoms with E-state index >= 15 is 0 Å². The molecule has 3 rings (SSSR count). The van der Waals surface area contributed by atoms with Crippen molar-refractivity contribution in [1.82, 2.24) is 9.88 Å². The molecule has 0 unspecified atom stereocenters. The van der Waals surface area contributed by atoms with Crippen molar-refractivity contribution >= 4 is 40.2 Å². The highest BCUT2D eigenvalue weighted by molar-refractivity contribution is 8.18. The second-order valence-corrected chi connectivity index (χ2v) is 6.72. The molecule has 4 nitrogen and oxygen atoms in total. The number of rotatable bonds is 1. The number of nitrogens with zero attached hydrogens (tertiary/aromatic N) is 3. The molecule has 0 N–H and O–H groups in total. The minimum Gasteiger partial charge on any atom is -0.351 e. The maximum atomic E-state index is 11.9. The molecule has 0 spiro atoms. The van der Waals surface area contributed by atoms with Crippen LogP contribution in [0.5, 0.6) is 0 Å². The van der Waals surface area contributed by atoms with E-state index in [1.54, 1.807) is 11.3 Å². The third-order valence-electron chi connectivity index (χ3n) is 3.15. The molecule has 19 heavy (non-hydrogen) atoms. The predicted molar refractivity (Wildman–Crippen MR) is 80.3 cm³/mol. The van der Waals surface area contributed by atoms with E-state index in [0.29, 0.717) is 4.91 Å². The molecule has 0 saturated carbocycles. The van der Waals surface area contributed by atoms with Gasteiger partial charge in [0.1, 0.15) is 0 Å². The quantitative estimate of drug-likeness (QED) is 0.747. The number of aliphatic imine (C=N–C) groups is 1. The van der Waals surface area contributed by atoms with Crippen LogP contribution < -0.4 is 0 Å². The highest BCUT2D eigenvalue weighted by Crippen LogP contribution is 2.31. The van der Waals surface area contributed by atoms with Gasteiger partial charge in [0.15, 0.2) is 5.17 Å². The minimum absolute atomic E-state index is 0.128. The summed E-state index contributed by atoms with van der Waals surface area (Å²) in [6, 6.07) is 0. The van der Waals surface area contributed by atoms with Crippen LogP contribution in [-0.4, -0.2) is 34.0 Å². The third-order valence-corrected chi connectivity index (χ3v) is 4.99. The fraction of sp³-hybridized carbons (Fsp3) is 0.462. The maximum Gasteiger partial charge on any atom is 0.286 e. The fourth-order valence-electron chi connectivity index (χ4n) is 2.20. The first-order valence-corrected chi connectivity index (χ1v) is 8.11. The van der Waals surface area contributed by atoms with Gasteiger partial charge in [0.2, 0.25) is 0 Å². The van der Waals surface area contributed by atoms with Gasteiger partial charge in [-0.05, 0) is 44.0 Å². The Hall–Kier alpha value is -1.14. The lowest BCUT2D eigenvalue weighted by Gasteiger charge is -2.27. The van der Waals surface area contributed by atoms with E-state index < -0.39 is 0 Å². The molecule has 0 aromatic carbocycles. The van der Waals surface area contributed by atoms with Gasteiger partial charge in [0, 0.05) is 18.5 Å². The SMILES string of the molecule is Cc1nc(/C=C2\SC(N3CCCCC3)=NC2=O)cs1. The summed E-state index contributed by atoms with van der Waals surface area (Å²) in [7, 11) is 0. The van der Waals surface area contributed by atoms with Crippen LogP contribution in [0.3, 0.4) is 0 Å². The number of hydrogen-bond acceptors (Lipinski definition) is 5. The average molecular weight is 293 g/mol. The number of carbonyl (C=O) groups excluding carboxylic acids is 1. The lowest BCUT2D eigenvalue weighted by Crippen LogP contribution is -2.33. The van der Waals surface area contributed by atoms with Crippen LogP contribution in [0.2, 0.25) is 0 Å². The topological polar surface area (TPSA) is 45.6 Å². The molecule has 0 bridgehead atoms. The van der Waals surface area contributed by atoms with Crippen LogP contribution in [0.1, 0.15) is 30.0 Å².